The lowest BCUT2D eigenvalue weighted by Gasteiger charge is -2.33. The summed E-state index contributed by atoms with van der Waals surface area (Å²) in [5, 5.41) is 11.5. The highest BCUT2D eigenvalue weighted by atomic mass is 16.5. The first-order chi connectivity index (χ1) is 10.5. The normalized spacial score (nSPS) is 17.9. The van der Waals surface area contributed by atoms with Gasteiger partial charge in [-0.3, -0.25) is 9.59 Å². The maximum absolute atomic E-state index is 12.4. The third-order valence-corrected chi connectivity index (χ3v) is 3.38. The summed E-state index contributed by atoms with van der Waals surface area (Å²) in [6.07, 6.45) is -0.236. The molecule has 2 amide bonds. The molecule has 2 rings (SSSR count). The fraction of sp³-hybridized carbons (Fsp3) is 0.400. The molecule has 1 aromatic rings. The monoisotopic (exact) mass is 306 g/mol. The van der Waals surface area contributed by atoms with Gasteiger partial charge in [-0.15, -0.1) is 0 Å². The Morgan fingerprint density at radius 1 is 1.27 bits per heavy atom. The average molecular weight is 306 g/mol. The number of rotatable bonds is 4. The fourth-order valence-corrected chi connectivity index (χ4v) is 2.22. The molecule has 0 spiro atoms. The Labute approximate surface area is 127 Å². The van der Waals surface area contributed by atoms with Crippen molar-refractivity contribution in [3.63, 3.8) is 0 Å². The molecule has 1 aliphatic rings. The van der Waals surface area contributed by atoms with E-state index in [1.165, 1.54) is 31.2 Å². The molecule has 1 aromatic carbocycles. The highest BCUT2D eigenvalue weighted by Gasteiger charge is 2.25. The van der Waals surface area contributed by atoms with Gasteiger partial charge in [-0.05, 0) is 24.3 Å². The number of benzene rings is 1. The molecule has 0 radical (unpaired) electrons. The van der Waals surface area contributed by atoms with Crippen molar-refractivity contribution in [3.8, 4) is 0 Å². The summed E-state index contributed by atoms with van der Waals surface area (Å²) in [6, 6.07) is 5.82. The van der Waals surface area contributed by atoms with Gasteiger partial charge < -0.3 is 20.1 Å². The van der Waals surface area contributed by atoms with Gasteiger partial charge in [-0.25, -0.2) is 4.79 Å². The van der Waals surface area contributed by atoms with Gasteiger partial charge in [0.1, 0.15) is 0 Å². The third-order valence-electron chi connectivity index (χ3n) is 3.38. The molecule has 1 heterocycles. The Hall–Kier alpha value is -2.41. The van der Waals surface area contributed by atoms with Gasteiger partial charge in [0.25, 0.3) is 5.91 Å². The summed E-state index contributed by atoms with van der Waals surface area (Å²) in [4.78, 5) is 35.8. The van der Waals surface area contributed by atoms with Crippen LogP contribution >= 0.6 is 0 Å². The second-order valence-electron chi connectivity index (χ2n) is 5.06. The van der Waals surface area contributed by atoms with E-state index in [9.17, 15) is 14.4 Å². The minimum absolute atomic E-state index is 0.141. The number of carbonyl (C=O) groups is 3. The van der Waals surface area contributed by atoms with Crippen LogP contribution in [0.25, 0.3) is 0 Å². The third kappa shape index (κ3) is 4.05. The van der Waals surface area contributed by atoms with Crippen LogP contribution in [0.3, 0.4) is 0 Å². The first-order valence-electron chi connectivity index (χ1n) is 6.96. The number of aromatic carboxylic acids is 1. The van der Waals surface area contributed by atoms with E-state index in [2.05, 4.69) is 5.32 Å². The predicted molar refractivity (Wildman–Crippen MR) is 77.7 cm³/mol. The van der Waals surface area contributed by atoms with Gasteiger partial charge in [0.2, 0.25) is 5.91 Å². The molecule has 0 aromatic heterocycles. The lowest BCUT2D eigenvalue weighted by atomic mass is 10.1. The standard InChI is InChI=1S/C15H18N2O5/c1-10(18)16-8-13-9-17(6-7-22-13)14(19)11-2-4-12(5-3-11)15(20)21/h2-5,13H,6-9H2,1H3,(H,16,18)(H,20,21). The topological polar surface area (TPSA) is 95.9 Å². The Kier molecular flexibility index (Phi) is 5.11. The second kappa shape index (κ2) is 7.04. The summed E-state index contributed by atoms with van der Waals surface area (Å²) >= 11 is 0. The Morgan fingerprint density at radius 2 is 1.91 bits per heavy atom. The van der Waals surface area contributed by atoms with Crippen LogP contribution in [0.4, 0.5) is 0 Å². The maximum atomic E-state index is 12.4. The minimum atomic E-state index is -1.03. The van der Waals surface area contributed by atoms with E-state index in [1.807, 2.05) is 0 Å². The maximum Gasteiger partial charge on any atom is 0.335 e. The van der Waals surface area contributed by atoms with E-state index in [4.69, 9.17) is 9.84 Å². The van der Waals surface area contributed by atoms with Crippen molar-refractivity contribution in [1.29, 1.82) is 0 Å². The largest absolute Gasteiger partial charge is 0.478 e. The van der Waals surface area contributed by atoms with Crippen LogP contribution in [0.1, 0.15) is 27.6 Å². The molecular weight excluding hydrogens is 288 g/mol. The number of nitrogens with one attached hydrogen (secondary N) is 1. The smallest absolute Gasteiger partial charge is 0.335 e. The van der Waals surface area contributed by atoms with E-state index < -0.39 is 5.97 Å². The van der Waals surface area contributed by atoms with Gasteiger partial charge in [0.15, 0.2) is 0 Å². The molecular formula is C15H18N2O5. The van der Waals surface area contributed by atoms with Gasteiger partial charge >= 0.3 is 5.97 Å². The SMILES string of the molecule is CC(=O)NCC1CN(C(=O)c2ccc(C(=O)O)cc2)CCO1. The summed E-state index contributed by atoms with van der Waals surface area (Å²) < 4.78 is 5.51. The summed E-state index contributed by atoms with van der Waals surface area (Å²) in [6.45, 7) is 3.05. The first kappa shape index (κ1) is 16.0. The number of nitrogens with zero attached hydrogens (tertiary/aromatic N) is 1. The van der Waals surface area contributed by atoms with Crippen molar-refractivity contribution in [2.45, 2.75) is 13.0 Å². The number of hydrogen-bond acceptors (Lipinski definition) is 4. The first-order valence-corrected chi connectivity index (χ1v) is 6.96. The van der Waals surface area contributed by atoms with Crippen molar-refractivity contribution in [2.24, 2.45) is 0 Å². The van der Waals surface area contributed by atoms with Crippen LogP contribution in [0, 0.1) is 0 Å². The molecule has 2 N–H and O–H groups in total. The van der Waals surface area contributed by atoms with Crippen molar-refractivity contribution >= 4 is 17.8 Å². The zero-order chi connectivity index (χ0) is 16.1. The predicted octanol–water partition coefficient (Wildman–Crippen LogP) is 0.362. The highest BCUT2D eigenvalue weighted by molar-refractivity contribution is 5.96. The van der Waals surface area contributed by atoms with Gasteiger partial charge in [0, 0.05) is 32.1 Å². The molecule has 1 fully saturated rings. The van der Waals surface area contributed by atoms with Gasteiger partial charge in [0.05, 0.1) is 18.3 Å². The van der Waals surface area contributed by atoms with Crippen molar-refractivity contribution < 1.29 is 24.2 Å². The second-order valence-corrected chi connectivity index (χ2v) is 5.06. The van der Waals surface area contributed by atoms with Crippen molar-refractivity contribution in [2.75, 3.05) is 26.2 Å². The zero-order valence-corrected chi connectivity index (χ0v) is 12.2. The van der Waals surface area contributed by atoms with Crippen LogP contribution in [-0.2, 0) is 9.53 Å². The van der Waals surface area contributed by atoms with Crippen LogP contribution in [-0.4, -0.2) is 60.1 Å². The molecule has 0 saturated carbocycles. The lowest BCUT2D eigenvalue weighted by molar-refractivity contribution is -0.120. The molecule has 1 aliphatic heterocycles. The van der Waals surface area contributed by atoms with Gasteiger partial charge in [-0.1, -0.05) is 0 Å². The van der Waals surface area contributed by atoms with E-state index in [1.54, 1.807) is 4.90 Å². The minimum Gasteiger partial charge on any atom is -0.478 e. The molecule has 7 heteroatoms. The van der Waals surface area contributed by atoms with E-state index >= 15 is 0 Å². The average Bonchev–Trinajstić information content (AvgIpc) is 2.52. The molecule has 22 heavy (non-hydrogen) atoms. The van der Waals surface area contributed by atoms with Crippen molar-refractivity contribution in [3.05, 3.63) is 35.4 Å². The molecule has 0 aliphatic carbocycles. The highest BCUT2D eigenvalue weighted by Crippen LogP contribution is 2.12. The number of morpholine rings is 1. The summed E-state index contributed by atoms with van der Waals surface area (Å²) in [5.41, 5.74) is 0.576. The number of carboxylic acids is 1. The number of amides is 2. The molecule has 7 nitrogen and oxygen atoms in total. The molecule has 1 atom stereocenters. The van der Waals surface area contributed by atoms with E-state index in [-0.39, 0.29) is 23.5 Å². The molecule has 1 unspecified atom stereocenters. The van der Waals surface area contributed by atoms with Gasteiger partial charge in [-0.2, -0.15) is 0 Å². The van der Waals surface area contributed by atoms with Crippen molar-refractivity contribution in [1.82, 2.24) is 10.2 Å². The van der Waals surface area contributed by atoms with Crippen LogP contribution in [0.15, 0.2) is 24.3 Å². The van der Waals surface area contributed by atoms with E-state index in [0.717, 1.165) is 0 Å². The number of carboxylic acid groups (broad SMARTS) is 1. The van der Waals surface area contributed by atoms with Crippen LogP contribution in [0.5, 0.6) is 0 Å². The number of hydrogen-bond donors (Lipinski definition) is 2. The molecule has 0 bridgehead atoms. The van der Waals surface area contributed by atoms with Crippen LogP contribution < -0.4 is 5.32 Å². The summed E-state index contributed by atoms with van der Waals surface area (Å²) in [7, 11) is 0. The fourth-order valence-electron chi connectivity index (χ4n) is 2.22. The Bertz CT molecular complexity index is 570. The molecule has 1 saturated heterocycles. The number of ether oxygens (including phenoxy) is 1. The number of carbonyl (C=O) groups excluding carboxylic acids is 2. The molecule has 118 valence electrons. The van der Waals surface area contributed by atoms with Crippen LogP contribution in [0.2, 0.25) is 0 Å². The zero-order valence-electron chi connectivity index (χ0n) is 12.2. The Morgan fingerprint density at radius 3 is 2.50 bits per heavy atom. The summed E-state index contributed by atoms with van der Waals surface area (Å²) in [5.74, 6) is -1.34. The lowest BCUT2D eigenvalue weighted by Crippen LogP contribution is -2.49. The Balaban J connectivity index is 1.99. The van der Waals surface area contributed by atoms with E-state index in [0.29, 0.717) is 31.8 Å². The quantitative estimate of drug-likeness (QED) is 0.837.